The first kappa shape index (κ1) is 10.1. The lowest BCUT2D eigenvalue weighted by molar-refractivity contribution is -0.114. The molecular weight excluding hydrogens is 184 g/mol. The van der Waals surface area contributed by atoms with Crippen molar-refractivity contribution in [3.05, 3.63) is 5.56 Å². The largest absolute Gasteiger partial charge is 0.476 e. The molecule has 1 rings (SSSR count). The normalized spacial score (nSPS) is 9.21. The zero-order valence-corrected chi connectivity index (χ0v) is 7.92. The molecular formula is C8H10N4O2. The Balaban J connectivity index is 2.96. The molecule has 0 aromatic carbocycles. The molecule has 0 saturated heterocycles. The Morgan fingerprint density at radius 2 is 2.50 bits per heavy atom. The van der Waals surface area contributed by atoms with Gasteiger partial charge in [-0.05, 0) is 6.92 Å². The van der Waals surface area contributed by atoms with Crippen LogP contribution in [0, 0.1) is 11.3 Å². The molecule has 0 saturated carbocycles. The number of carbonyl (C=O) groups is 1. The Morgan fingerprint density at radius 3 is 3.00 bits per heavy atom. The van der Waals surface area contributed by atoms with Crippen LogP contribution in [0.1, 0.15) is 19.4 Å². The second kappa shape index (κ2) is 4.28. The minimum Gasteiger partial charge on any atom is -0.476 e. The van der Waals surface area contributed by atoms with Gasteiger partial charge in [-0.2, -0.15) is 5.26 Å². The minimum atomic E-state index is -0.270. The number of H-pyrrole nitrogens is 1. The van der Waals surface area contributed by atoms with Gasteiger partial charge in [0.1, 0.15) is 11.9 Å². The molecule has 0 aliphatic carbocycles. The van der Waals surface area contributed by atoms with E-state index in [1.54, 1.807) is 6.92 Å². The average molecular weight is 194 g/mol. The van der Waals surface area contributed by atoms with Crippen LogP contribution in [0.3, 0.4) is 0 Å². The second-order valence-electron chi connectivity index (χ2n) is 2.50. The summed E-state index contributed by atoms with van der Waals surface area (Å²) in [5.41, 5.74) is 0.210. The standard InChI is InChI=1S/C8H10N4O2/c1-3-14-8-6(4-9)7(11-12-8)10-5(2)13/h3H2,1-2H3,(H2,10,11,12,13). The smallest absolute Gasteiger partial charge is 0.253 e. The van der Waals surface area contributed by atoms with E-state index in [1.807, 2.05) is 6.07 Å². The summed E-state index contributed by atoms with van der Waals surface area (Å²) in [7, 11) is 0. The van der Waals surface area contributed by atoms with Crippen LogP contribution in [0.4, 0.5) is 5.82 Å². The quantitative estimate of drug-likeness (QED) is 0.738. The number of hydrogen-bond donors (Lipinski definition) is 2. The molecule has 0 aliphatic rings. The Hall–Kier alpha value is -2.03. The molecule has 14 heavy (non-hydrogen) atoms. The predicted molar refractivity (Wildman–Crippen MR) is 48.8 cm³/mol. The third-order valence-corrected chi connectivity index (χ3v) is 1.43. The fourth-order valence-corrected chi connectivity index (χ4v) is 0.937. The number of aromatic amines is 1. The molecule has 2 N–H and O–H groups in total. The highest BCUT2D eigenvalue weighted by Crippen LogP contribution is 2.21. The van der Waals surface area contributed by atoms with Crippen molar-refractivity contribution in [2.45, 2.75) is 13.8 Å². The van der Waals surface area contributed by atoms with E-state index in [0.717, 1.165) is 0 Å². The fraction of sp³-hybridized carbons (Fsp3) is 0.375. The van der Waals surface area contributed by atoms with Crippen LogP contribution in [-0.2, 0) is 4.79 Å². The monoisotopic (exact) mass is 194 g/mol. The number of nitrogens with one attached hydrogen (secondary N) is 2. The van der Waals surface area contributed by atoms with Gasteiger partial charge < -0.3 is 10.1 Å². The molecule has 74 valence electrons. The number of carbonyl (C=O) groups excluding carboxylic acids is 1. The van der Waals surface area contributed by atoms with Crippen LogP contribution in [-0.4, -0.2) is 22.7 Å². The Bertz CT molecular complexity index is 377. The van der Waals surface area contributed by atoms with Crippen LogP contribution in [0.15, 0.2) is 0 Å². The van der Waals surface area contributed by atoms with Crippen molar-refractivity contribution >= 4 is 11.7 Å². The van der Waals surface area contributed by atoms with E-state index in [2.05, 4.69) is 15.5 Å². The Kier molecular flexibility index (Phi) is 3.07. The van der Waals surface area contributed by atoms with E-state index in [0.29, 0.717) is 6.61 Å². The zero-order valence-electron chi connectivity index (χ0n) is 7.92. The number of amides is 1. The third-order valence-electron chi connectivity index (χ3n) is 1.43. The molecule has 0 spiro atoms. The predicted octanol–water partition coefficient (Wildman–Crippen LogP) is 0.638. The number of nitriles is 1. The number of aromatic nitrogens is 2. The highest BCUT2D eigenvalue weighted by Gasteiger charge is 2.14. The summed E-state index contributed by atoms with van der Waals surface area (Å²) in [6.07, 6.45) is 0. The summed E-state index contributed by atoms with van der Waals surface area (Å²) < 4.78 is 5.07. The van der Waals surface area contributed by atoms with Gasteiger partial charge in [0.05, 0.1) is 6.61 Å². The SMILES string of the molecule is CCOc1n[nH]c(NC(C)=O)c1C#N. The van der Waals surface area contributed by atoms with Gasteiger partial charge in [-0.15, -0.1) is 5.10 Å². The molecule has 1 aromatic heterocycles. The molecule has 0 bridgehead atoms. The van der Waals surface area contributed by atoms with Crippen LogP contribution >= 0.6 is 0 Å². The molecule has 0 radical (unpaired) electrons. The molecule has 1 aromatic rings. The van der Waals surface area contributed by atoms with Crippen LogP contribution in [0.5, 0.6) is 5.88 Å². The van der Waals surface area contributed by atoms with Gasteiger partial charge in [0, 0.05) is 6.92 Å². The summed E-state index contributed by atoms with van der Waals surface area (Å²) in [4.78, 5) is 10.7. The van der Waals surface area contributed by atoms with Crippen molar-refractivity contribution in [3.63, 3.8) is 0 Å². The number of anilines is 1. The lowest BCUT2D eigenvalue weighted by Gasteiger charge is -1.98. The number of ether oxygens (including phenoxy) is 1. The lowest BCUT2D eigenvalue weighted by Crippen LogP contribution is -2.07. The number of hydrogen-bond acceptors (Lipinski definition) is 4. The van der Waals surface area contributed by atoms with Gasteiger partial charge >= 0.3 is 0 Å². The summed E-state index contributed by atoms with van der Waals surface area (Å²) in [5.74, 6) is 0.204. The van der Waals surface area contributed by atoms with Crippen molar-refractivity contribution in [3.8, 4) is 11.9 Å². The van der Waals surface area contributed by atoms with E-state index < -0.39 is 0 Å². The first-order valence-electron chi connectivity index (χ1n) is 4.07. The average Bonchev–Trinajstić information content (AvgIpc) is 2.47. The van der Waals surface area contributed by atoms with Crippen LogP contribution in [0.25, 0.3) is 0 Å². The Morgan fingerprint density at radius 1 is 1.79 bits per heavy atom. The summed E-state index contributed by atoms with van der Waals surface area (Å²) in [6, 6.07) is 1.90. The van der Waals surface area contributed by atoms with E-state index in [4.69, 9.17) is 10.00 Å². The fourth-order valence-electron chi connectivity index (χ4n) is 0.937. The van der Waals surface area contributed by atoms with Crippen molar-refractivity contribution in [2.24, 2.45) is 0 Å². The molecule has 0 fully saturated rings. The molecule has 6 heteroatoms. The zero-order chi connectivity index (χ0) is 10.6. The van der Waals surface area contributed by atoms with E-state index in [1.165, 1.54) is 6.92 Å². The molecule has 0 unspecified atom stereocenters. The van der Waals surface area contributed by atoms with Crippen LogP contribution in [0.2, 0.25) is 0 Å². The van der Waals surface area contributed by atoms with Crippen molar-refractivity contribution < 1.29 is 9.53 Å². The summed E-state index contributed by atoms with van der Waals surface area (Å²) in [5, 5.41) is 17.5. The molecule has 6 nitrogen and oxygen atoms in total. The Labute approximate surface area is 80.9 Å². The van der Waals surface area contributed by atoms with Gasteiger partial charge in [-0.3, -0.25) is 9.89 Å². The third kappa shape index (κ3) is 2.01. The van der Waals surface area contributed by atoms with Crippen LogP contribution < -0.4 is 10.1 Å². The van der Waals surface area contributed by atoms with E-state index >= 15 is 0 Å². The first-order chi connectivity index (χ1) is 6.69. The highest BCUT2D eigenvalue weighted by molar-refractivity contribution is 5.89. The second-order valence-corrected chi connectivity index (χ2v) is 2.50. The number of nitrogens with zero attached hydrogens (tertiary/aromatic N) is 2. The van der Waals surface area contributed by atoms with Gasteiger partial charge in [-0.1, -0.05) is 0 Å². The molecule has 1 heterocycles. The van der Waals surface area contributed by atoms with Gasteiger partial charge in [0.15, 0.2) is 5.56 Å². The molecule has 1 amide bonds. The highest BCUT2D eigenvalue weighted by atomic mass is 16.5. The maximum absolute atomic E-state index is 10.7. The number of rotatable bonds is 3. The minimum absolute atomic E-state index is 0.207. The van der Waals surface area contributed by atoms with E-state index in [9.17, 15) is 4.79 Å². The van der Waals surface area contributed by atoms with Crippen molar-refractivity contribution in [1.29, 1.82) is 5.26 Å². The van der Waals surface area contributed by atoms with Crippen molar-refractivity contribution in [2.75, 3.05) is 11.9 Å². The topological polar surface area (TPSA) is 90.8 Å². The molecule has 0 aliphatic heterocycles. The van der Waals surface area contributed by atoms with Gasteiger partial charge in [0.25, 0.3) is 5.88 Å². The van der Waals surface area contributed by atoms with Gasteiger partial charge in [0.2, 0.25) is 5.91 Å². The van der Waals surface area contributed by atoms with E-state index in [-0.39, 0.29) is 23.2 Å². The summed E-state index contributed by atoms with van der Waals surface area (Å²) in [6.45, 7) is 3.55. The summed E-state index contributed by atoms with van der Waals surface area (Å²) >= 11 is 0. The lowest BCUT2D eigenvalue weighted by atomic mass is 10.3. The maximum Gasteiger partial charge on any atom is 0.253 e. The van der Waals surface area contributed by atoms with Gasteiger partial charge in [-0.25, -0.2) is 0 Å². The van der Waals surface area contributed by atoms with Crippen molar-refractivity contribution in [1.82, 2.24) is 10.2 Å². The molecule has 0 atom stereocenters. The maximum atomic E-state index is 10.7. The first-order valence-corrected chi connectivity index (χ1v) is 4.07.